The number of carbonyl (C=O) groups excluding carboxylic acids is 1. The smallest absolute Gasteiger partial charge is 0.408 e. The number of nitriles is 1. The van der Waals surface area contributed by atoms with Gasteiger partial charge in [-0.25, -0.2) is 9.78 Å². The van der Waals surface area contributed by atoms with E-state index in [0.717, 1.165) is 0 Å². The minimum atomic E-state index is -0.729. The monoisotopic (exact) mass is 458 g/mol. The van der Waals surface area contributed by atoms with E-state index >= 15 is 0 Å². The van der Waals surface area contributed by atoms with Crippen molar-refractivity contribution in [1.29, 1.82) is 5.26 Å². The van der Waals surface area contributed by atoms with Crippen molar-refractivity contribution in [2.45, 2.75) is 39.3 Å². The molecule has 31 heavy (non-hydrogen) atoms. The normalized spacial score (nSPS) is 12.3. The lowest BCUT2D eigenvalue weighted by molar-refractivity contribution is 0.0505. The Bertz CT molecular complexity index is 1270. The largest absolute Gasteiger partial charge is 0.444 e. The maximum absolute atomic E-state index is 13.5. The van der Waals surface area contributed by atoms with Gasteiger partial charge in [0.1, 0.15) is 11.4 Å². The van der Waals surface area contributed by atoms with Gasteiger partial charge < -0.3 is 10.1 Å². The zero-order valence-corrected chi connectivity index (χ0v) is 18.9. The van der Waals surface area contributed by atoms with Crippen LogP contribution in [0.3, 0.4) is 0 Å². The predicted octanol–water partition coefficient (Wildman–Crippen LogP) is 5.15. The summed E-state index contributed by atoms with van der Waals surface area (Å²) in [5.74, 6) is 0.211. The van der Waals surface area contributed by atoms with E-state index in [-0.39, 0.29) is 26.8 Å². The Balaban J connectivity index is 2.26. The Morgan fingerprint density at radius 1 is 1.23 bits per heavy atom. The van der Waals surface area contributed by atoms with Gasteiger partial charge in [-0.1, -0.05) is 29.3 Å². The van der Waals surface area contributed by atoms with Crippen molar-refractivity contribution in [3.05, 3.63) is 68.2 Å². The third kappa shape index (κ3) is 4.82. The van der Waals surface area contributed by atoms with Crippen molar-refractivity contribution in [1.82, 2.24) is 14.9 Å². The summed E-state index contributed by atoms with van der Waals surface area (Å²) in [5.41, 5.74) is -0.180. The van der Waals surface area contributed by atoms with E-state index < -0.39 is 23.3 Å². The van der Waals surface area contributed by atoms with Crippen LogP contribution >= 0.6 is 23.2 Å². The summed E-state index contributed by atoms with van der Waals surface area (Å²) in [4.78, 5) is 30.4. The molecule has 0 saturated carbocycles. The van der Waals surface area contributed by atoms with Gasteiger partial charge in [0.2, 0.25) is 0 Å². The molecule has 1 atom stereocenters. The standard InChI is InChI=1S/C22H20Cl2N4O3/c1-12(26-21(30)31-22(2,3)4)19-27-18-16(24)9-8-15(23)17(18)20(29)28(19)14-7-5-6-13(10-14)11-25/h5-10,12H,1-4H3,(H,26,30). The molecular formula is C22H20Cl2N4O3. The van der Waals surface area contributed by atoms with Gasteiger partial charge in [0, 0.05) is 0 Å². The number of amides is 1. The Kier molecular flexibility index (Phi) is 6.25. The van der Waals surface area contributed by atoms with Gasteiger partial charge in [0.15, 0.2) is 0 Å². The third-order valence-electron chi connectivity index (χ3n) is 4.30. The molecule has 1 N–H and O–H groups in total. The van der Waals surface area contributed by atoms with Crippen LogP contribution in [0.5, 0.6) is 0 Å². The molecule has 9 heteroatoms. The molecule has 0 bridgehead atoms. The van der Waals surface area contributed by atoms with Crippen molar-refractivity contribution in [3.63, 3.8) is 0 Å². The molecule has 1 amide bonds. The van der Waals surface area contributed by atoms with Gasteiger partial charge in [-0.2, -0.15) is 5.26 Å². The molecule has 3 rings (SSSR count). The number of carbonyl (C=O) groups is 1. The molecule has 1 unspecified atom stereocenters. The second-order valence-electron chi connectivity index (χ2n) is 7.89. The number of halogens is 2. The highest BCUT2D eigenvalue weighted by Gasteiger charge is 2.24. The Morgan fingerprint density at radius 2 is 1.90 bits per heavy atom. The Morgan fingerprint density at radius 3 is 2.55 bits per heavy atom. The van der Waals surface area contributed by atoms with Gasteiger partial charge >= 0.3 is 6.09 Å². The van der Waals surface area contributed by atoms with Crippen LogP contribution in [0.25, 0.3) is 16.6 Å². The maximum Gasteiger partial charge on any atom is 0.408 e. The Hall–Kier alpha value is -3.08. The molecule has 0 radical (unpaired) electrons. The SMILES string of the molecule is CC(NC(=O)OC(C)(C)C)c1nc2c(Cl)ccc(Cl)c2c(=O)n1-c1cccc(C#N)c1. The number of ether oxygens (including phenoxy) is 1. The number of benzene rings is 2. The van der Waals surface area contributed by atoms with E-state index in [1.807, 2.05) is 6.07 Å². The molecule has 7 nitrogen and oxygen atoms in total. The summed E-state index contributed by atoms with van der Waals surface area (Å²) in [6, 6.07) is 10.9. The summed E-state index contributed by atoms with van der Waals surface area (Å²) >= 11 is 12.6. The fourth-order valence-corrected chi connectivity index (χ4v) is 3.47. The highest BCUT2D eigenvalue weighted by atomic mass is 35.5. The number of rotatable bonds is 3. The maximum atomic E-state index is 13.5. The fourth-order valence-electron chi connectivity index (χ4n) is 3.04. The van der Waals surface area contributed by atoms with E-state index in [1.54, 1.807) is 58.0 Å². The van der Waals surface area contributed by atoms with E-state index in [2.05, 4.69) is 10.3 Å². The number of alkyl carbamates (subject to hydrolysis) is 1. The first-order valence-corrected chi connectivity index (χ1v) is 10.2. The zero-order chi connectivity index (χ0) is 22.9. The molecule has 1 heterocycles. The third-order valence-corrected chi connectivity index (χ3v) is 4.92. The molecule has 0 aliphatic rings. The topological polar surface area (TPSA) is 97.0 Å². The minimum absolute atomic E-state index is 0.143. The molecule has 0 aliphatic carbocycles. The predicted molar refractivity (Wildman–Crippen MR) is 120 cm³/mol. The Labute approximate surface area is 189 Å². The minimum Gasteiger partial charge on any atom is -0.444 e. The van der Waals surface area contributed by atoms with E-state index in [9.17, 15) is 14.9 Å². The second kappa shape index (κ2) is 8.58. The zero-order valence-electron chi connectivity index (χ0n) is 17.4. The first kappa shape index (κ1) is 22.6. The summed E-state index contributed by atoms with van der Waals surface area (Å²) in [6.45, 7) is 6.91. The number of aromatic nitrogens is 2. The van der Waals surface area contributed by atoms with Gasteiger partial charge in [0.05, 0.1) is 44.3 Å². The van der Waals surface area contributed by atoms with Gasteiger partial charge in [-0.05, 0) is 58.0 Å². The lowest BCUT2D eigenvalue weighted by atomic mass is 10.1. The molecule has 3 aromatic rings. The molecule has 160 valence electrons. The van der Waals surface area contributed by atoms with Gasteiger partial charge in [-0.3, -0.25) is 9.36 Å². The number of fused-ring (bicyclic) bond motifs is 1. The number of nitrogens with zero attached hydrogens (tertiary/aromatic N) is 3. The van der Waals surface area contributed by atoms with Gasteiger partial charge in [0.25, 0.3) is 5.56 Å². The first-order chi connectivity index (χ1) is 14.5. The van der Waals surface area contributed by atoms with Crippen LogP contribution in [-0.4, -0.2) is 21.2 Å². The van der Waals surface area contributed by atoms with Crippen LogP contribution in [0.4, 0.5) is 4.79 Å². The molecule has 0 spiro atoms. The van der Waals surface area contributed by atoms with Crippen molar-refractivity contribution in [2.75, 3.05) is 0 Å². The molecule has 0 fully saturated rings. The van der Waals surface area contributed by atoms with E-state index in [1.165, 1.54) is 10.6 Å². The van der Waals surface area contributed by atoms with Crippen molar-refractivity contribution < 1.29 is 9.53 Å². The summed E-state index contributed by atoms with van der Waals surface area (Å²) in [7, 11) is 0. The van der Waals surface area contributed by atoms with Crippen LogP contribution in [-0.2, 0) is 4.74 Å². The van der Waals surface area contributed by atoms with Crippen LogP contribution in [0.15, 0.2) is 41.2 Å². The number of nitrogens with one attached hydrogen (secondary N) is 1. The second-order valence-corrected chi connectivity index (χ2v) is 8.71. The van der Waals surface area contributed by atoms with Crippen LogP contribution < -0.4 is 10.9 Å². The average molecular weight is 459 g/mol. The highest BCUT2D eigenvalue weighted by Crippen LogP contribution is 2.28. The lowest BCUT2D eigenvalue weighted by Gasteiger charge is -2.23. The van der Waals surface area contributed by atoms with Gasteiger partial charge in [-0.15, -0.1) is 0 Å². The average Bonchev–Trinajstić information content (AvgIpc) is 2.68. The fraction of sp³-hybridized carbons (Fsp3) is 0.273. The van der Waals surface area contributed by atoms with Crippen LogP contribution in [0.2, 0.25) is 10.0 Å². The highest BCUT2D eigenvalue weighted by molar-refractivity contribution is 6.39. The lowest BCUT2D eigenvalue weighted by Crippen LogP contribution is -2.37. The number of hydrogen-bond acceptors (Lipinski definition) is 5. The summed E-state index contributed by atoms with van der Waals surface area (Å²) < 4.78 is 6.63. The first-order valence-electron chi connectivity index (χ1n) is 9.42. The summed E-state index contributed by atoms with van der Waals surface area (Å²) in [6.07, 6.45) is -0.663. The van der Waals surface area contributed by atoms with Crippen LogP contribution in [0.1, 0.15) is 45.1 Å². The number of hydrogen-bond donors (Lipinski definition) is 1. The van der Waals surface area contributed by atoms with E-state index in [4.69, 9.17) is 27.9 Å². The summed E-state index contributed by atoms with van der Waals surface area (Å²) in [5, 5.41) is 12.6. The molecule has 2 aromatic carbocycles. The van der Waals surface area contributed by atoms with Crippen molar-refractivity contribution in [3.8, 4) is 11.8 Å². The van der Waals surface area contributed by atoms with Crippen LogP contribution in [0, 0.1) is 11.3 Å². The van der Waals surface area contributed by atoms with Crippen molar-refractivity contribution in [2.24, 2.45) is 0 Å². The molecule has 1 aromatic heterocycles. The van der Waals surface area contributed by atoms with Crippen molar-refractivity contribution >= 4 is 40.2 Å². The molecule has 0 aliphatic heterocycles. The molecule has 0 saturated heterocycles. The van der Waals surface area contributed by atoms with E-state index in [0.29, 0.717) is 11.3 Å². The molecular weight excluding hydrogens is 439 g/mol. The quantitative estimate of drug-likeness (QED) is 0.584.